The second-order valence-electron chi connectivity index (χ2n) is 4.32. The number of aromatic nitrogens is 5. The molecule has 3 aromatic rings. The molecule has 20 heavy (non-hydrogen) atoms. The first-order chi connectivity index (χ1) is 9.76. The number of aryl methyl sites for hydroxylation is 1. The summed E-state index contributed by atoms with van der Waals surface area (Å²) in [5.41, 5.74) is 7.92. The zero-order valence-corrected chi connectivity index (χ0v) is 11.1. The third kappa shape index (κ3) is 2.35. The van der Waals surface area contributed by atoms with E-state index in [0.717, 1.165) is 12.0 Å². The Hall–Kier alpha value is -2.76. The van der Waals surface area contributed by atoms with E-state index in [0.29, 0.717) is 11.8 Å². The van der Waals surface area contributed by atoms with E-state index in [1.807, 2.05) is 12.1 Å². The number of hydrogen-bond donors (Lipinski definition) is 1. The molecule has 2 aromatic heterocycles. The van der Waals surface area contributed by atoms with Crippen molar-refractivity contribution in [1.82, 2.24) is 24.7 Å². The molecule has 6 heteroatoms. The molecule has 0 radical (unpaired) electrons. The molecule has 0 aliphatic heterocycles. The van der Waals surface area contributed by atoms with Crippen LogP contribution in [0, 0.1) is 0 Å². The van der Waals surface area contributed by atoms with Gasteiger partial charge in [0.1, 0.15) is 0 Å². The maximum Gasteiger partial charge on any atom is 0.255 e. The Balaban J connectivity index is 2.09. The lowest BCUT2D eigenvalue weighted by Gasteiger charge is -2.06. The minimum absolute atomic E-state index is 0.183. The summed E-state index contributed by atoms with van der Waals surface area (Å²) in [5.74, 6) is 1.15. The highest BCUT2D eigenvalue weighted by molar-refractivity contribution is 5.57. The van der Waals surface area contributed by atoms with Crippen molar-refractivity contribution in [3.8, 4) is 17.3 Å². The van der Waals surface area contributed by atoms with Gasteiger partial charge in [-0.15, -0.1) is 0 Å². The van der Waals surface area contributed by atoms with Gasteiger partial charge in [0.2, 0.25) is 5.95 Å². The largest absolute Gasteiger partial charge is 0.368 e. The smallest absolute Gasteiger partial charge is 0.255 e. The van der Waals surface area contributed by atoms with Crippen molar-refractivity contribution >= 4 is 5.95 Å². The number of nitrogens with zero attached hydrogens (tertiary/aromatic N) is 5. The van der Waals surface area contributed by atoms with Crippen molar-refractivity contribution in [2.24, 2.45) is 0 Å². The van der Waals surface area contributed by atoms with E-state index in [2.05, 4.69) is 39.1 Å². The topological polar surface area (TPSA) is 82.5 Å². The summed E-state index contributed by atoms with van der Waals surface area (Å²) in [4.78, 5) is 12.7. The maximum absolute atomic E-state index is 5.77. The van der Waals surface area contributed by atoms with Crippen molar-refractivity contribution in [2.45, 2.75) is 13.3 Å². The van der Waals surface area contributed by atoms with Gasteiger partial charge in [0.05, 0.1) is 0 Å². The van der Waals surface area contributed by atoms with Crippen LogP contribution in [-0.4, -0.2) is 24.7 Å². The highest BCUT2D eigenvalue weighted by Gasteiger charge is 2.08. The van der Waals surface area contributed by atoms with Gasteiger partial charge in [-0.25, -0.2) is 4.68 Å². The molecule has 100 valence electrons. The molecular weight excluding hydrogens is 252 g/mol. The average molecular weight is 266 g/mol. The quantitative estimate of drug-likeness (QED) is 0.782. The van der Waals surface area contributed by atoms with Crippen LogP contribution in [0.2, 0.25) is 0 Å². The summed E-state index contributed by atoms with van der Waals surface area (Å²) in [6.07, 6.45) is 4.39. The Morgan fingerprint density at radius 1 is 1.15 bits per heavy atom. The Morgan fingerprint density at radius 2 is 2.05 bits per heavy atom. The maximum atomic E-state index is 5.77. The van der Waals surface area contributed by atoms with Crippen molar-refractivity contribution < 1.29 is 0 Å². The van der Waals surface area contributed by atoms with Gasteiger partial charge in [-0.2, -0.15) is 20.1 Å². The van der Waals surface area contributed by atoms with Gasteiger partial charge in [0.15, 0.2) is 5.82 Å². The van der Waals surface area contributed by atoms with Gasteiger partial charge in [-0.1, -0.05) is 25.1 Å². The molecule has 3 rings (SSSR count). The first-order valence-electron chi connectivity index (χ1n) is 6.37. The van der Waals surface area contributed by atoms with E-state index >= 15 is 0 Å². The summed E-state index contributed by atoms with van der Waals surface area (Å²) < 4.78 is 1.56. The van der Waals surface area contributed by atoms with Gasteiger partial charge in [0.25, 0.3) is 5.95 Å². The van der Waals surface area contributed by atoms with Crippen molar-refractivity contribution in [3.05, 3.63) is 48.3 Å². The first-order valence-corrected chi connectivity index (χ1v) is 6.37. The van der Waals surface area contributed by atoms with Gasteiger partial charge < -0.3 is 5.73 Å². The second-order valence-corrected chi connectivity index (χ2v) is 4.32. The molecule has 0 aliphatic rings. The van der Waals surface area contributed by atoms with Crippen LogP contribution in [0.3, 0.4) is 0 Å². The molecule has 0 unspecified atom stereocenters. The normalized spacial score (nSPS) is 10.7. The van der Waals surface area contributed by atoms with Gasteiger partial charge in [-0.05, 0) is 24.1 Å². The van der Waals surface area contributed by atoms with Crippen LogP contribution < -0.4 is 5.73 Å². The van der Waals surface area contributed by atoms with E-state index in [1.54, 1.807) is 23.1 Å². The van der Waals surface area contributed by atoms with Crippen molar-refractivity contribution in [3.63, 3.8) is 0 Å². The number of benzene rings is 1. The minimum Gasteiger partial charge on any atom is -0.368 e. The third-order valence-corrected chi connectivity index (χ3v) is 2.94. The molecule has 0 fully saturated rings. The highest BCUT2D eigenvalue weighted by atomic mass is 15.4. The standard InChI is InChI=1S/C14H14N6/c1-2-10-5-3-6-11(9-10)12-17-13(15)19-14(18-12)20-8-4-7-16-20/h3-9H,2H2,1H3,(H2,15,17,18,19). The zero-order chi connectivity index (χ0) is 13.9. The molecule has 2 N–H and O–H groups in total. The van der Waals surface area contributed by atoms with Gasteiger partial charge in [0, 0.05) is 18.0 Å². The van der Waals surface area contributed by atoms with E-state index in [1.165, 1.54) is 5.56 Å². The Morgan fingerprint density at radius 3 is 2.80 bits per heavy atom. The predicted octanol–water partition coefficient (Wildman–Crippen LogP) is 1.87. The highest BCUT2D eigenvalue weighted by Crippen LogP contribution is 2.18. The van der Waals surface area contributed by atoms with Crippen molar-refractivity contribution in [2.75, 3.05) is 5.73 Å². The fourth-order valence-electron chi connectivity index (χ4n) is 1.93. The Bertz CT molecular complexity index is 720. The molecule has 1 aromatic carbocycles. The monoisotopic (exact) mass is 266 g/mol. The minimum atomic E-state index is 0.183. The van der Waals surface area contributed by atoms with E-state index in [-0.39, 0.29) is 5.95 Å². The molecule has 0 bridgehead atoms. The molecule has 0 atom stereocenters. The number of nitrogens with two attached hydrogens (primary N) is 1. The van der Waals surface area contributed by atoms with E-state index in [4.69, 9.17) is 5.73 Å². The molecule has 0 saturated heterocycles. The summed E-state index contributed by atoms with van der Waals surface area (Å²) in [7, 11) is 0. The first kappa shape index (κ1) is 12.3. The number of rotatable bonds is 3. The molecule has 0 amide bonds. The summed E-state index contributed by atoms with van der Waals surface area (Å²) in [6.45, 7) is 2.11. The number of anilines is 1. The van der Waals surface area contributed by atoms with Crippen LogP contribution in [0.15, 0.2) is 42.7 Å². The lowest BCUT2D eigenvalue weighted by Crippen LogP contribution is -2.08. The molecular formula is C14H14N6. The number of nitrogen functional groups attached to an aromatic ring is 1. The van der Waals surface area contributed by atoms with E-state index in [9.17, 15) is 0 Å². The zero-order valence-electron chi connectivity index (χ0n) is 11.1. The van der Waals surface area contributed by atoms with Crippen LogP contribution in [0.4, 0.5) is 5.95 Å². The Kier molecular flexibility index (Phi) is 3.12. The number of hydrogen-bond acceptors (Lipinski definition) is 5. The van der Waals surface area contributed by atoms with Gasteiger partial charge in [-0.3, -0.25) is 0 Å². The summed E-state index contributed by atoms with van der Waals surface area (Å²) >= 11 is 0. The fourth-order valence-corrected chi connectivity index (χ4v) is 1.93. The molecule has 2 heterocycles. The lowest BCUT2D eigenvalue weighted by atomic mass is 10.1. The second kappa shape index (κ2) is 5.08. The van der Waals surface area contributed by atoms with Crippen LogP contribution in [0.25, 0.3) is 17.3 Å². The van der Waals surface area contributed by atoms with Crippen LogP contribution in [0.5, 0.6) is 0 Å². The fraction of sp³-hybridized carbons (Fsp3) is 0.143. The van der Waals surface area contributed by atoms with Crippen LogP contribution in [-0.2, 0) is 6.42 Å². The average Bonchev–Trinajstić information content (AvgIpc) is 3.01. The SMILES string of the molecule is CCc1cccc(-c2nc(N)nc(-n3cccn3)n2)c1. The van der Waals surface area contributed by atoms with Gasteiger partial charge >= 0.3 is 0 Å². The molecule has 0 spiro atoms. The molecule has 6 nitrogen and oxygen atoms in total. The van der Waals surface area contributed by atoms with Crippen molar-refractivity contribution in [1.29, 1.82) is 0 Å². The van der Waals surface area contributed by atoms with E-state index < -0.39 is 0 Å². The third-order valence-electron chi connectivity index (χ3n) is 2.94. The van der Waals surface area contributed by atoms with Crippen LogP contribution in [0.1, 0.15) is 12.5 Å². The predicted molar refractivity (Wildman–Crippen MR) is 76.2 cm³/mol. The van der Waals surface area contributed by atoms with Crippen LogP contribution >= 0.6 is 0 Å². The Labute approximate surface area is 116 Å². The summed E-state index contributed by atoms with van der Waals surface area (Å²) in [6, 6.07) is 9.88. The molecule has 0 aliphatic carbocycles. The summed E-state index contributed by atoms with van der Waals surface area (Å²) in [5, 5.41) is 4.10. The lowest BCUT2D eigenvalue weighted by molar-refractivity contribution is 0.801. The molecule has 0 saturated carbocycles.